The highest BCUT2D eigenvalue weighted by Gasteiger charge is 2.25. The smallest absolute Gasteiger partial charge is 0.222 e. The van der Waals surface area contributed by atoms with E-state index in [-0.39, 0.29) is 11.9 Å². The molecule has 2 atom stereocenters. The molecule has 2 aliphatic rings. The molecule has 1 amide bonds. The fourth-order valence-corrected chi connectivity index (χ4v) is 3.81. The molecule has 104 valence electrons. The number of thioether (sulfide) groups is 1. The molecule has 1 aromatic rings. The van der Waals surface area contributed by atoms with Gasteiger partial charge < -0.3 is 15.1 Å². The molecule has 1 aliphatic heterocycles. The molecule has 0 saturated carbocycles. The maximum atomic E-state index is 12.1. The molecule has 1 aliphatic carbocycles. The molecule has 3 rings (SSSR count). The number of amides is 1. The van der Waals surface area contributed by atoms with E-state index < -0.39 is 0 Å². The first-order chi connectivity index (χ1) is 9.33. The highest BCUT2D eigenvalue weighted by atomic mass is 32.2. The maximum absolute atomic E-state index is 12.1. The van der Waals surface area contributed by atoms with Crippen molar-refractivity contribution in [1.82, 2.24) is 10.6 Å². The Morgan fingerprint density at radius 2 is 2.53 bits per heavy atom. The number of fused-ring (bicyclic) bond motifs is 1. The van der Waals surface area contributed by atoms with E-state index in [0.717, 1.165) is 43.1 Å². The van der Waals surface area contributed by atoms with Crippen LogP contribution in [0.5, 0.6) is 0 Å². The van der Waals surface area contributed by atoms with Crippen molar-refractivity contribution in [3.63, 3.8) is 0 Å². The number of rotatable bonds is 3. The minimum absolute atomic E-state index is 0.145. The molecular weight excluding hydrogens is 260 g/mol. The van der Waals surface area contributed by atoms with Crippen molar-refractivity contribution in [2.45, 2.75) is 37.8 Å². The lowest BCUT2D eigenvalue weighted by molar-refractivity contribution is -0.122. The molecule has 0 radical (unpaired) electrons. The molecule has 19 heavy (non-hydrogen) atoms. The second-order valence-electron chi connectivity index (χ2n) is 5.24. The van der Waals surface area contributed by atoms with Gasteiger partial charge in [0, 0.05) is 42.5 Å². The summed E-state index contributed by atoms with van der Waals surface area (Å²) < 4.78 is 5.45. The Morgan fingerprint density at radius 3 is 3.37 bits per heavy atom. The zero-order valence-electron chi connectivity index (χ0n) is 11.0. The van der Waals surface area contributed by atoms with Crippen LogP contribution in [0.4, 0.5) is 0 Å². The largest absolute Gasteiger partial charge is 0.469 e. The van der Waals surface area contributed by atoms with E-state index in [1.807, 2.05) is 17.8 Å². The third kappa shape index (κ3) is 3.15. The normalized spacial score (nSPS) is 26.7. The van der Waals surface area contributed by atoms with Gasteiger partial charge in [0.1, 0.15) is 5.76 Å². The third-order valence-corrected chi connectivity index (χ3v) is 4.95. The summed E-state index contributed by atoms with van der Waals surface area (Å²) in [5.74, 6) is 3.38. The van der Waals surface area contributed by atoms with Crippen LogP contribution >= 0.6 is 11.8 Å². The lowest BCUT2D eigenvalue weighted by atomic mass is 9.93. The first-order valence-corrected chi connectivity index (χ1v) is 8.15. The summed E-state index contributed by atoms with van der Waals surface area (Å²) in [6.07, 6.45) is 5.41. The lowest BCUT2D eigenvalue weighted by Crippen LogP contribution is -2.42. The summed E-state index contributed by atoms with van der Waals surface area (Å²) in [4.78, 5) is 12.1. The van der Waals surface area contributed by atoms with Gasteiger partial charge in [-0.3, -0.25) is 4.79 Å². The average molecular weight is 280 g/mol. The number of carbonyl (C=O) groups excluding carboxylic acids is 1. The second-order valence-corrected chi connectivity index (χ2v) is 6.39. The summed E-state index contributed by atoms with van der Waals surface area (Å²) in [7, 11) is 0. The Kier molecular flexibility index (Phi) is 4.13. The summed E-state index contributed by atoms with van der Waals surface area (Å²) in [6.45, 7) is 1.01. The lowest BCUT2D eigenvalue weighted by Gasteiger charge is -2.26. The van der Waals surface area contributed by atoms with Crippen molar-refractivity contribution in [3.8, 4) is 0 Å². The molecule has 2 N–H and O–H groups in total. The van der Waals surface area contributed by atoms with Gasteiger partial charge in [0.05, 0.1) is 12.3 Å². The molecule has 0 aromatic carbocycles. The van der Waals surface area contributed by atoms with Gasteiger partial charge in [0.15, 0.2) is 0 Å². The maximum Gasteiger partial charge on any atom is 0.222 e. The topological polar surface area (TPSA) is 54.3 Å². The standard InChI is InChI=1S/C14H20N2O2S/c17-14(8-10-9-19-7-5-15-10)16-12-2-1-3-13-11(12)4-6-18-13/h4,6,10,12,15H,1-3,5,7-9H2,(H,16,17). The monoisotopic (exact) mass is 280 g/mol. The van der Waals surface area contributed by atoms with Crippen LogP contribution in [0, 0.1) is 0 Å². The summed E-state index contributed by atoms with van der Waals surface area (Å²) >= 11 is 1.92. The van der Waals surface area contributed by atoms with Gasteiger partial charge >= 0.3 is 0 Å². The van der Waals surface area contributed by atoms with Crippen molar-refractivity contribution >= 4 is 17.7 Å². The predicted molar refractivity (Wildman–Crippen MR) is 76.3 cm³/mol. The molecule has 2 heterocycles. The van der Waals surface area contributed by atoms with Crippen molar-refractivity contribution in [2.24, 2.45) is 0 Å². The quantitative estimate of drug-likeness (QED) is 0.887. The molecule has 4 nitrogen and oxygen atoms in total. The van der Waals surface area contributed by atoms with Gasteiger partial charge in [-0.2, -0.15) is 11.8 Å². The fraction of sp³-hybridized carbons (Fsp3) is 0.643. The second kappa shape index (κ2) is 6.01. The Morgan fingerprint density at radius 1 is 1.58 bits per heavy atom. The molecule has 5 heteroatoms. The Hall–Kier alpha value is -0.940. The van der Waals surface area contributed by atoms with Crippen molar-refractivity contribution in [2.75, 3.05) is 18.1 Å². The molecule has 1 saturated heterocycles. The molecule has 2 unspecified atom stereocenters. The summed E-state index contributed by atoms with van der Waals surface area (Å²) in [5, 5.41) is 6.56. The van der Waals surface area contributed by atoms with Gasteiger partial charge in [-0.1, -0.05) is 0 Å². The van der Waals surface area contributed by atoms with E-state index in [2.05, 4.69) is 10.6 Å². The first kappa shape index (κ1) is 13.1. The van der Waals surface area contributed by atoms with Crippen molar-refractivity contribution < 1.29 is 9.21 Å². The highest BCUT2D eigenvalue weighted by Crippen LogP contribution is 2.30. The van der Waals surface area contributed by atoms with Crippen LogP contribution in [0.15, 0.2) is 16.7 Å². The van der Waals surface area contributed by atoms with E-state index in [1.54, 1.807) is 6.26 Å². The number of hydrogen-bond donors (Lipinski definition) is 2. The van der Waals surface area contributed by atoms with E-state index in [9.17, 15) is 4.79 Å². The zero-order valence-corrected chi connectivity index (χ0v) is 11.8. The van der Waals surface area contributed by atoms with Gasteiger partial charge in [0.25, 0.3) is 0 Å². The molecule has 0 spiro atoms. The Balaban J connectivity index is 1.55. The number of furan rings is 1. The van der Waals surface area contributed by atoms with E-state index >= 15 is 0 Å². The minimum atomic E-state index is 0.145. The van der Waals surface area contributed by atoms with Gasteiger partial charge in [-0.05, 0) is 18.9 Å². The molecule has 1 aromatic heterocycles. The van der Waals surface area contributed by atoms with Gasteiger partial charge in [0.2, 0.25) is 5.91 Å². The zero-order chi connectivity index (χ0) is 13.1. The van der Waals surface area contributed by atoms with E-state index in [0.29, 0.717) is 12.5 Å². The summed E-state index contributed by atoms with van der Waals surface area (Å²) in [5.41, 5.74) is 1.17. The van der Waals surface area contributed by atoms with Crippen LogP contribution in [-0.4, -0.2) is 30.0 Å². The van der Waals surface area contributed by atoms with E-state index in [4.69, 9.17) is 4.42 Å². The van der Waals surface area contributed by atoms with Crippen LogP contribution in [0.25, 0.3) is 0 Å². The van der Waals surface area contributed by atoms with Crippen LogP contribution in [0.1, 0.15) is 36.6 Å². The van der Waals surface area contributed by atoms with Crippen LogP contribution in [0.2, 0.25) is 0 Å². The average Bonchev–Trinajstić information content (AvgIpc) is 2.89. The van der Waals surface area contributed by atoms with Crippen molar-refractivity contribution in [3.05, 3.63) is 23.7 Å². The summed E-state index contributed by atoms with van der Waals surface area (Å²) in [6, 6.07) is 2.46. The Labute approximate surface area is 117 Å². The SMILES string of the molecule is O=C(CC1CSCCN1)NC1CCCc2occc21. The first-order valence-electron chi connectivity index (χ1n) is 6.99. The van der Waals surface area contributed by atoms with Crippen LogP contribution in [-0.2, 0) is 11.2 Å². The third-order valence-electron chi connectivity index (χ3n) is 3.82. The van der Waals surface area contributed by atoms with Crippen molar-refractivity contribution in [1.29, 1.82) is 0 Å². The number of aryl methyl sites for hydroxylation is 1. The number of nitrogens with one attached hydrogen (secondary N) is 2. The number of carbonyl (C=O) groups is 1. The minimum Gasteiger partial charge on any atom is -0.469 e. The van der Waals surface area contributed by atoms with Gasteiger partial charge in [-0.15, -0.1) is 0 Å². The van der Waals surface area contributed by atoms with E-state index in [1.165, 1.54) is 5.56 Å². The highest BCUT2D eigenvalue weighted by molar-refractivity contribution is 7.99. The van der Waals surface area contributed by atoms with Gasteiger partial charge in [-0.25, -0.2) is 0 Å². The molecule has 1 fully saturated rings. The van der Waals surface area contributed by atoms with Crippen LogP contribution < -0.4 is 10.6 Å². The number of hydrogen-bond acceptors (Lipinski definition) is 4. The Bertz CT molecular complexity index is 440. The predicted octanol–water partition coefficient (Wildman–Crippen LogP) is 1.87. The molecule has 0 bridgehead atoms. The molecular formula is C14H20N2O2S. The van der Waals surface area contributed by atoms with Crippen LogP contribution in [0.3, 0.4) is 0 Å². The fourth-order valence-electron chi connectivity index (χ4n) is 2.86.